The molecule has 0 aliphatic carbocycles. The number of carbonyl (C=O) groups is 1. The maximum absolute atomic E-state index is 11.9. The first kappa shape index (κ1) is 20.9. The Labute approximate surface area is 165 Å². The number of hydrogen-bond acceptors (Lipinski definition) is 3. The first-order chi connectivity index (χ1) is 11.7. The average molecular weight is 453 g/mol. The van der Waals surface area contributed by atoms with Crippen LogP contribution < -0.4 is 16.0 Å². The number of hydrogen-bond donors (Lipinski definition) is 3. The van der Waals surface area contributed by atoms with E-state index in [1.807, 2.05) is 6.07 Å². The number of rotatable bonds is 6. The number of aryl methyl sites for hydroxylation is 1. The van der Waals surface area contributed by atoms with Crippen LogP contribution in [0.5, 0.6) is 0 Å². The lowest BCUT2D eigenvalue weighted by atomic mass is 10.1. The third-order valence-electron chi connectivity index (χ3n) is 3.39. The van der Waals surface area contributed by atoms with E-state index in [2.05, 4.69) is 51.0 Å². The molecular formula is C18H24IN5O. The molecule has 0 radical (unpaired) electrons. The number of benzene rings is 1. The molecule has 0 aliphatic heterocycles. The van der Waals surface area contributed by atoms with E-state index in [-0.39, 0.29) is 29.9 Å². The molecule has 1 aromatic carbocycles. The molecule has 1 heterocycles. The summed E-state index contributed by atoms with van der Waals surface area (Å²) in [6.45, 7) is 3.85. The zero-order valence-electron chi connectivity index (χ0n) is 14.5. The highest BCUT2D eigenvalue weighted by Crippen LogP contribution is 2.02. The smallest absolute Gasteiger partial charge is 0.252 e. The Morgan fingerprint density at radius 2 is 1.92 bits per heavy atom. The van der Waals surface area contributed by atoms with Crippen molar-refractivity contribution < 1.29 is 4.79 Å². The van der Waals surface area contributed by atoms with Crippen molar-refractivity contribution in [3.8, 4) is 0 Å². The van der Waals surface area contributed by atoms with Crippen LogP contribution in [0.1, 0.15) is 21.5 Å². The number of halogens is 1. The van der Waals surface area contributed by atoms with Gasteiger partial charge in [-0.2, -0.15) is 0 Å². The second-order valence-corrected chi connectivity index (χ2v) is 5.34. The zero-order valence-corrected chi connectivity index (χ0v) is 16.8. The summed E-state index contributed by atoms with van der Waals surface area (Å²) in [4.78, 5) is 20.0. The highest BCUT2D eigenvalue weighted by molar-refractivity contribution is 14.0. The maximum atomic E-state index is 11.9. The van der Waals surface area contributed by atoms with Gasteiger partial charge in [0, 0.05) is 39.1 Å². The molecule has 0 saturated heterocycles. The third-order valence-corrected chi connectivity index (χ3v) is 3.39. The fourth-order valence-corrected chi connectivity index (χ4v) is 2.18. The largest absolute Gasteiger partial charge is 0.355 e. The van der Waals surface area contributed by atoms with E-state index < -0.39 is 0 Å². The molecule has 134 valence electrons. The Morgan fingerprint density at radius 1 is 1.12 bits per heavy atom. The lowest BCUT2D eigenvalue weighted by Gasteiger charge is -2.12. The molecule has 0 aliphatic rings. The fraction of sp³-hybridized carbons (Fsp3) is 0.278. The molecule has 0 saturated carbocycles. The lowest BCUT2D eigenvalue weighted by Crippen LogP contribution is -2.41. The Morgan fingerprint density at radius 3 is 2.60 bits per heavy atom. The summed E-state index contributed by atoms with van der Waals surface area (Å²) in [5.74, 6) is 0.569. The van der Waals surface area contributed by atoms with Crippen LogP contribution in [0.25, 0.3) is 0 Å². The quantitative estimate of drug-likeness (QED) is 0.271. The van der Waals surface area contributed by atoms with Gasteiger partial charge in [-0.05, 0) is 24.6 Å². The number of aliphatic imine (C=N–C) groups is 1. The molecule has 2 rings (SSSR count). The van der Waals surface area contributed by atoms with Crippen molar-refractivity contribution in [3.63, 3.8) is 0 Å². The van der Waals surface area contributed by atoms with Crippen molar-refractivity contribution in [3.05, 3.63) is 65.5 Å². The van der Waals surface area contributed by atoms with Crippen molar-refractivity contribution in [2.24, 2.45) is 4.99 Å². The molecular weight excluding hydrogens is 429 g/mol. The lowest BCUT2D eigenvalue weighted by molar-refractivity contribution is 0.0954. The van der Waals surface area contributed by atoms with Gasteiger partial charge in [0.15, 0.2) is 5.96 Å². The summed E-state index contributed by atoms with van der Waals surface area (Å²) in [5, 5.41) is 9.25. The van der Waals surface area contributed by atoms with Gasteiger partial charge in [0.1, 0.15) is 0 Å². The van der Waals surface area contributed by atoms with E-state index in [0.717, 1.165) is 0 Å². The van der Waals surface area contributed by atoms with Gasteiger partial charge in [-0.15, -0.1) is 24.0 Å². The number of nitrogens with zero attached hydrogens (tertiary/aromatic N) is 2. The predicted octanol–water partition coefficient (Wildman–Crippen LogP) is 2.10. The monoisotopic (exact) mass is 453 g/mol. The van der Waals surface area contributed by atoms with Crippen LogP contribution in [-0.4, -0.2) is 37.0 Å². The molecule has 2 aromatic rings. The van der Waals surface area contributed by atoms with Gasteiger partial charge in [0.05, 0.1) is 5.56 Å². The molecule has 0 unspecified atom stereocenters. The summed E-state index contributed by atoms with van der Waals surface area (Å²) in [5.41, 5.74) is 2.98. The summed E-state index contributed by atoms with van der Waals surface area (Å²) in [6.07, 6.45) is 3.19. The normalized spacial score (nSPS) is 10.6. The van der Waals surface area contributed by atoms with E-state index >= 15 is 0 Å². The minimum absolute atomic E-state index is 0. The van der Waals surface area contributed by atoms with Crippen LogP contribution in [-0.2, 0) is 6.54 Å². The van der Waals surface area contributed by atoms with Gasteiger partial charge < -0.3 is 16.0 Å². The second kappa shape index (κ2) is 11.4. The van der Waals surface area contributed by atoms with Crippen LogP contribution in [0.2, 0.25) is 0 Å². The summed E-state index contributed by atoms with van der Waals surface area (Å²) in [6, 6.07) is 11.8. The van der Waals surface area contributed by atoms with Crippen molar-refractivity contribution in [2.75, 3.05) is 20.1 Å². The van der Waals surface area contributed by atoms with Crippen LogP contribution in [0.15, 0.2) is 53.8 Å². The Bertz CT molecular complexity index is 691. The van der Waals surface area contributed by atoms with E-state index in [1.165, 1.54) is 11.1 Å². The van der Waals surface area contributed by atoms with Crippen molar-refractivity contribution in [1.29, 1.82) is 0 Å². The summed E-state index contributed by atoms with van der Waals surface area (Å²) in [7, 11) is 1.72. The van der Waals surface area contributed by atoms with Gasteiger partial charge in [0.25, 0.3) is 5.91 Å². The highest BCUT2D eigenvalue weighted by atomic mass is 127. The van der Waals surface area contributed by atoms with Gasteiger partial charge in [-0.25, -0.2) is 0 Å². The standard InChI is InChI=1S/C18H23N5O.HI/c1-14-5-3-6-15(11-14)12-23-18(19-2)22-10-9-21-17(24)16-7-4-8-20-13-16;/h3-8,11,13H,9-10,12H2,1-2H3,(H,21,24)(H2,19,22,23);1H. The minimum Gasteiger partial charge on any atom is -0.355 e. The number of guanidine groups is 1. The Hall–Kier alpha value is -2.16. The van der Waals surface area contributed by atoms with E-state index in [1.54, 1.807) is 31.6 Å². The first-order valence-electron chi connectivity index (χ1n) is 7.87. The van der Waals surface area contributed by atoms with E-state index in [0.29, 0.717) is 31.2 Å². The Kier molecular flexibility index (Phi) is 9.53. The number of aromatic nitrogens is 1. The molecule has 25 heavy (non-hydrogen) atoms. The number of pyridine rings is 1. The molecule has 6 nitrogen and oxygen atoms in total. The topological polar surface area (TPSA) is 78.4 Å². The highest BCUT2D eigenvalue weighted by Gasteiger charge is 2.04. The van der Waals surface area contributed by atoms with Crippen LogP contribution in [0.4, 0.5) is 0 Å². The van der Waals surface area contributed by atoms with Crippen molar-refractivity contribution in [2.45, 2.75) is 13.5 Å². The molecule has 3 N–H and O–H groups in total. The van der Waals surface area contributed by atoms with Gasteiger partial charge >= 0.3 is 0 Å². The average Bonchev–Trinajstić information content (AvgIpc) is 2.61. The fourth-order valence-electron chi connectivity index (χ4n) is 2.18. The van der Waals surface area contributed by atoms with Crippen LogP contribution in [0, 0.1) is 6.92 Å². The zero-order chi connectivity index (χ0) is 17.2. The van der Waals surface area contributed by atoms with Gasteiger partial charge in [-0.3, -0.25) is 14.8 Å². The first-order valence-corrected chi connectivity index (χ1v) is 7.87. The SMILES string of the molecule is CN=C(NCCNC(=O)c1cccnc1)NCc1cccc(C)c1.I. The molecule has 0 fully saturated rings. The molecule has 0 bridgehead atoms. The molecule has 1 amide bonds. The molecule has 0 spiro atoms. The predicted molar refractivity (Wildman–Crippen MR) is 111 cm³/mol. The van der Waals surface area contributed by atoms with Crippen molar-refractivity contribution in [1.82, 2.24) is 20.9 Å². The minimum atomic E-state index is -0.132. The van der Waals surface area contributed by atoms with Gasteiger partial charge in [-0.1, -0.05) is 29.8 Å². The van der Waals surface area contributed by atoms with Crippen LogP contribution >= 0.6 is 24.0 Å². The van der Waals surface area contributed by atoms with Crippen molar-refractivity contribution >= 4 is 35.8 Å². The Balaban J connectivity index is 0.00000312. The molecule has 0 atom stereocenters. The summed E-state index contributed by atoms with van der Waals surface area (Å²) < 4.78 is 0. The molecule has 1 aromatic heterocycles. The number of nitrogens with one attached hydrogen (secondary N) is 3. The summed E-state index contributed by atoms with van der Waals surface area (Å²) >= 11 is 0. The second-order valence-electron chi connectivity index (χ2n) is 5.34. The number of amides is 1. The van der Waals surface area contributed by atoms with Gasteiger partial charge in [0.2, 0.25) is 0 Å². The third kappa shape index (κ3) is 7.51. The van der Waals surface area contributed by atoms with Crippen LogP contribution in [0.3, 0.4) is 0 Å². The molecule has 7 heteroatoms. The van der Waals surface area contributed by atoms with E-state index in [9.17, 15) is 4.79 Å². The maximum Gasteiger partial charge on any atom is 0.252 e. The number of carbonyl (C=O) groups excluding carboxylic acids is 1. The van der Waals surface area contributed by atoms with E-state index in [4.69, 9.17) is 0 Å².